The van der Waals surface area contributed by atoms with Gasteiger partial charge in [0.2, 0.25) is 0 Å². The molecule has 1 unspecified atom stereocenters. The number of nitrogens with one attached hydrogen (secondary N) is 1. The maximum absolute atomic E-state index is 4.65. The van der Waals surface area contributed by atoms with Gasteiger partial charge in [-0.15, -0.1) is 0 Å². The Balaban J connectivity index is 1.21. The minimum absolute atomic E-state index is 0.500. The van der Waals surface area contributed by atoms with Crippen LogP contribution >= 0.6 is 0 Å². The van der Waals surface area contributed by atoms with Crippen LogP contribution in [-0.4, -0.2) is 58.3 Å². The number of rotatable bonds is 6. The number of benzene rings is 1. The molecule has 2 saturated heterocycles. The third-order valence-corrected chi connectivity index (χ3v) is 8.94. The Morgan fingerprint density at radius 3 is 2.61 bits per heavy atom. The Labute approximate surface area is 199 Å². The lowest BCUT2D eigenvalue weighted by molar-refractivity contribution is -0.0650. The molecule has 2 aliphatic carbocycles. The molecule has 1 aromatic carbocycles. The van der Waals surface area contributed by atoms with Gasteiger partial charge in [-0.1, -0.05) is 38.1 Å². The van der Waals surface area contributed by atoms with E-state index in [2.05, 4.69) is 75.4 Å². The Morgan fingerprint density at radius 1 is 1.06 bits per heavy atom. The molecule has 1 aromatic heterocycles. The van der Waals surface area contributed by atoms with Crippen LogP contribution in [0.25, 0.3) is 0 Å². The minimum Gasteiger partial charge on any atom is -0.317 e. The summed E-state index contributed by atoms with van der Waals surface area (Å²) in [5.74, 6) is 0.562. The predicted molar refractivity (Wildman–Crippen MR) is 133 cm³/mol. The maximum Gasteiger partial charge on any atom is 0.0534 e. The molecule has 0 amide bonds. The van der Waals surface area contributed by atoms with E-state index in [1.165, 1.54) is 75.8 Å². The Morgan fingerprint density at radius 2 is 1.85 bits per heavy atom. The van der Waals surface area contributed by atoms with Gasteiger partial charge in [-0.25, -0.2) is 0 Å². The van der Waals surface area contributed by atoms with Crippen LogP contribution in [0.4, 0.5) is 0 Å². The zero-order valence-electron chi connectivity index (χ0n) is 20.5. The van der Waals surface area contributed by atoms with Gasteiger partial charge in [0.15, 0.2) is 0 Å². The lowest BCUT2D eigenvalue weighted by Crippen LogP contribution is -2.59. The van der Waals surface area contributed by atoms with Gasteiger partial charge in [-0.2, -0.15) is 5.10 Å². The zero-order valence-corrected chi connectivity index (χ0v) is 20.5. The summed E-state index contributed by atoms with van der Waals surface area (Å²) in [4.78, 5) is 5.59. The van der Waals surface area contributed by atoms with E-state index in [0.717, 1.165) is 19.1 Å². The van der Waals surface area contributed by atoms with Crippen molar-refractivity contribution in [3.8, 4) is 0 Å². The van der Waals surface area contributed by atoms with E-state index in [0.29, 0.717) is 23.4 Å². The Bertz CT molecular complexity index is 947. The summed E-state index contributed by atoms with van der Waals surface area (Å²) in [6.07, 6.45) is 12.6. The molecule has 2 aromatic rings. The van der Waals surface area contributed by atoms with Gasteiger partial charge < -0.3 is 5.32 Å². The topological polar surface area (TPSA) is 36.3 Å². The fraction of sp³-hybridized carbons (Fsp3) is 0.679. The summed E-state index contributed by atoms with van der Waals surface area (Å²) in [5.41, 5.74) is 5.11. The van der Waals surface area contributed by atoms with Crippen molar-refractivity contribution in [2.75, 3.05) is 32.7 Å². The highest BCUT2D eigenvalue weighted by atomic mass is 15.3. The molecule has 1 spiro atoms. The molecule has 3 heterocycles. The van der Waals surface area contributed by atoms with Gasteiger partial charge in [-0.05, 0) is 74.1 Å². The molecule has 0 radical (unpaired) electrons. The van der Waals surface area contributed by atoms with Crippen LogP contribution in [-0.2, 0) is 6.54 Å². The van der Waals surface area contributed by atoms with Crippen molar-refractivity contribution in [1.29, 1.82) is 0 Å². The van der Waals surface area contributed by atoms with Crippen LogP contribution in [0.15, 0.2) is 36.7 Å². The molecule has 4 aliphatic rings. The minimum atomic E-state index is 0.500. The highest BCUT2D eigenvalue weighted by Gasteiger charge is 2.49. The molecule has 178 valence electrons. The first-order chi connectivity index (χ1) is 16.1. The number of piperidine rings is 1. The Kier molecular flexibility index (Phi) is 5.84. The molecule has 2 saturated carbocycles. The van der Waals surface area contributed by atoms with Crippen molar-refractivity contribution < 1.29 is 0 Å². The van der Waals surface area contributed by atoms with E-state index in [9.17, 15) is 0 Å². The van der Waals surface area contributed by atoms with E-state index in [1.807, 2.05) is 0 Å². The van der Waals surface area contributed by atoms with Crippen molar-refractivity contribution in [3.63, 3.8) is 0 Å². The maximum atomic E-state index is 4.65. The molecule has 1 atom stereocenters. The van der Waals surface area contributed by atoms with Gasteiger partial charge in [0.25, 0.3) is 0 Å². The fourth-order valence-electron chi connectivity index (χ4n) is 6.85. The first-order valence-electron chi connectivity index (χ1n) is 13.4. The predicted octanol–water partition coefficient (Wildman–Crippen LogP) is 4.73. The zero-order chi connectivity index (χ0) is 22.4. The summed E-state index contributed by atoms with van der Waals surface area (Å²) >= 11 is 0. The van der Waals surface area contributed by atoms with Gasteiger partial charge in [-0.3, -0.25) is 14.5 Å². The lowest BCUT2D eigenvalue weighted by atomic mass is 9.60. The molecular formula is C28H41N5. The molecule has 2 aliphatic heterocycles. The van der Waals surface area contributed by atoms with E-state index >= 15 is 0 Å². The smallest absolute Gasteiger partial charge is 0.0534 e. The van der Waals surface area contributed by atoms with Gasteiger partial charge in [0.05, 0.1) is 12.2 Å². The first kappa shape index (κ1) is 21.8. The Hall–Kier alpha value is -1.69. The number of piperazine rings is 1. The van der Waals surface area contributed by atoms with Crippen LogP contribution in [0, 0.1) is 5.41 Å². The third-order valence-electron chi connectivity index (χ3n) is 8.94. The molecule has 1 N–H and O–H groups in total. The van der Waals surface area contributed by atoms with Crippen LogP contribution < -0.4 is 5.32 Å². The number of hydrogen-bond donors (Lipinski definition) is 1. The standard InChI is InChI=1S/C28H41N5/c1-21(2)25-5-3-4-6-26(25)27-20-31(18-22-17-30-33(19-22)23-7-8-23)13-14-32(27)24-15-28(16-24)9-11-29-12-10-28/h3-6,17,19,21,23-24,27,29H,7-16,18,20H2,1-2H3. The third kappa shape index (κ3) is 4.40. The average Bonchev–Trinajstić information content (AvgIpc) is 3.57. The summed E-state index contributed by atoms with van der Waals surface area (Å²) in [6.45, 7) is 11.6. The monoisotopic (exact) mass is 447 g/mol. The van der Waals surface area contributed by atoms with Crippen LogP contribution in [0.3, 0.4) is 0 Å². The number of hydrogen-bond acceptors (Lipinski definition) is 4. The first-order valence-corrected chi connectivity index (χ1v) is 13.4. The number of nitrogens with zero attached hydrogens (tertiary/aromatic N) is 4. The van der Waals surface area contributed by atoms with Crippen molar-refractivity contribution in [2.24, 2.45) is 5.41 Å². The summed E-state index contributed by atoms with van der Waals surface area (Å²) in [5, 5.41) is 8.22. The lowest BCUT2D eigenvalue weighted by Gasteiger charge is -2.57. The van der Waals surface area contributed by atoms with Crippen molar-refractivity contribution >= 4 is 0 Å². The molecule has 33 heavy (non-hydrogen) atoms. The molecule has 6 rings (SSSR count). The normalized spacial score (nSPS) is 26.7. The van der Waals surface area contributed by atoms with E-state index in [1.54, 1.807) is 5.56 Å². The van der Waals surface area contributed by atoms with E-state index in [4.69, 9.17) is 0 Å². The summed E-state index contributed by atoms with van der Waals surface area (Å²) in [6, 6.07) is 11.2. The largest absolute Gasteiger partial charge is 0.317 e. The van der Waals surface area contributed by atoms with Crippen molar-refractivity contribution in [2.45, 2.75) is 83.0 Å². The van der Waals surface area contributed by atoms with E-state index < -0.39 is 0 Å². The van der Waals surface area contributed by atoms with Crippen LogP contribution in [0.5, 0.6) is 0 Å². The molecule has 0 bridgehead atoms. The van der Waals surface area contributed by atoms with Gasteiger partial charge in [0, 0.05) is 50.0 Å². The van der Waals surface area contributed by atoms with Crippen LogP contribution in [0.1, 0.15) is 87.1 Å². The van der Waals surface area contributed by atoms with Gasteiger partial charge >= 0.3 is 0 Å². The molecule has 5 nitrogen and oxygen atoms in total. The highest BCUT2D eigenvalue weighted by molar-refractivity contribution is 5.33. The molecule has 4 fully saturated rings. The van der Waals surface area contributed by atoms with Crippen molar-refractivity contribution in [1.82, 2.24) is 24.9 Å². The summed E-state index contributed by atoms with van der Waals surface area (Å²) in [7, 11) is 0. The van der Waals surface area contributed by atoms with Crippen molar-refractivity contribution in [3.05, 3.63) is 53.3 Å². The fourth-order valence-corrected chi connectivity index (χ4v) is 6.85. The molecule has 5 heteroatoms. The second-order valence-electron chi connectivity index (χ2n) is 11.6. The SMILES string of the molecule is CC(C)c1ccccc1C1CN(Cc2cnn(C3CC3)c2)CCN1C1CC2(CCNCC2)C1. The highest BCUT2D eigenvalue weighted by Crippen LogP contribution is 2.52. The quantitative estimate of drug-likeness (QED) is 0.694. The van der Waals surface area contributed by atoms with Crippen LogP contribution in [0.2, 0.25) is 0 Å². The second kappa shape index (κ2) is 8.83. The molecular weight excluding hydrogens is 406 g/mol. The second-order valence-corrected chi connectivity index (χ2v) is 11.6. The van der Waals surface area contributed by atoms with Gasteiger partial charge in [0.1, 0.15) is 0 Å². The van der Waals surface area contributed by atoms with E-state index in [-0.39, 0.29) is 0 Å². The number of aromatic nitrogens is 2. The summed E-state index contributed by atoms with van der Waals surface area (Å²) < 4.78 is 2.20. The average molecular weight is 448 g/mol.